The van der Waals surface area contributed by atoms with Crippen LogP contribution in [0.5, 0.6) is 0 Å². The minimum absolute atomic E-state index is 0.0155. The number of hydrogen-bond acceptors (Lipinski definition) is 3. The van der Waals surface area contributed by atoms with E-state index in [4.69, 9.17) is 4.74 Å². The second kappa shape index (κ2) is 6.45. The van der Waals surface area contributed by atoms with Gasteiger partial charge in [0.2, 0.25) is 0 Å². The number of benzene rings is 3. The van der Waals surface area contributed by atoms with Crippen molar-refractivity contribution < 1.29 is 9.53 Å². The summed E-state index contributed by atoms with van der Waals surface area (Å²) in [7, 11) is 3.90. The summed E-state index contributed by atoms with van der Waals surface area (Å²) in [6.45, 7) is 2.95. The number of carbonyl (C=O) groups excluding carboxylic acids is 1. The van der Waals surface area contributed by atoms with Gasteiger partial charge in [0.1, 0.15) is 0 Å². The van der Waals surface area contributed by atoms with E-state index in [-0.39, 0.29) is 29.6 Å². The number of para-hydroxylation sites is 2. The molecule has 3 aromatic carbocycles. The highest BCUT2D eigenvalue weighted by atomic mass is 16.5. The predicted octanol–water partition coefficient (Wildman–Crippen LogP) is 4.81. The van der Waals surface area contributed by atoms with Gasteiger partial charge in [0.25, 0.3) is 5.91 Å². The molecule has 2 aromatic heterocycles. The van der Waals surface area contributed by atoms with Gasteiger partial charge in [-0.25, -0.2) is 0 Å². The van der Waals surface area contributed by atoms with Gasteiger partial charge in [-0.3, -0.25) is 4.79 Å². The van der Waals surface area contributed by atoms with Gasteiger partial charge >= 0.3 is 0 Å². The Bertz CT molecular complexity index is 1740. The Labute approximate surface area is 202 Å². The van der Waals surface area contributed by atoms with Crippen molar-refractivity contribution >= 4 is 49.5 Å². The Balaban J connectivity index is 1.72. The number of ether oxygens (including phenoxy) is 1. The molecule has 5 aromatic rings. The third-order valence-corrected chi connectivity index (χ3v) is 9.17. The second-order valence-electron chi connectivity index (χ2n) is 10.7. The van der Waals surface area contributed by atoms with Crippen LogP contribution in [0.2, 0.25) is 0 Å². The van der Waals surface area contributed by atoms with Crippen LogP contribution in [-0.4, -0.2) is 41.3 Å². The maximum atomic E-state index is 13.4. The Kier molecular flexibility index (Phi) is 3.67. The summed E-state index contributed by atoms with van der Waals surface area (Å²) in [5, 5.41) is 11.5. The quantitative estimate of drug-likeness (QED) is 0.394. The van der Waals surface area contributed by atoms with Gasteiger partial charge in [-0.2, -0.15) is 0 Å². The van der Waals surface area contributed by atoms with Crippen molar-refractivity contribution in [2.45, 2.75) is 50.0 Å². The standard InChI is InChI=1S/C29H28N4O2/c1-29-13-15(12-19(30-2)27(29)35-3)32-20-10-6-4-8-16(20)23-24-18(14-31-28(24)34)22-17-9-5-7-11-21(17)33(29)26(22)25(23)32/h4-11,15,19,27,30H,12-14H2,1-3H3,(H,31,34)/t15?,19-,27-,29?/m0/s1. The Hall–Kier alpha value is -3.35. The molecule has 2 bridgehead atoms. The molecule has 6 nitrogen and oxygen atoms in total. The Morgan fingerprint density at radius 2 is 1.74 bits per heavy atom. The maximum Gasteiger partial charge on any atom is 0.252 e. The molecule has 0 spiro atoms. The monoisotopic (exact) mass is 464 g/mol. The zero-order valence-corrected chi connectivity index (χ0v) is 20.2. The van der Waals surface area contributed by atoms with Gasteiger partial charge in [0, 0.05) is 58.3 Å². The molecule has 1 aliphatic carbocycles. The van der Waals surface area contributed by atoms with E-state index in [1.165, 1.54) is 38.2 Å². The van der Waals surface area contributed by atoms with Gasteiger partial charge in [-0.05, 0) is 44.5 Å². The number of aromatic nitrogens is 2. The summed E-state index contributed by atoms with van der Waals surface area (Å²) in [5.41, 5.74) is 6.62. The summed E-state index contributed by atoms with van der Waals surface area (Å²) in [4.78, 5) is 13.4. The van der Waals surface area contributed by atoms with E-state index in [2.05, 4.69) is 82.3 Å². The molecule has 8 rings (SSSR count). The number of hydrogen-bond donors (Lipinski definition) is 2. The Morgan fingerprint density at radius 3 is 2.49 bits per heavy atom. The number of nitrogens with zero attached hydrogens (tertiary/aromatic N) is 2. The fourth-order valence-corrected chi connectivity index (χ4v) is 8.02. The number of fused-ring (bicyclic) bond motifs is 13. The molecule has 0 saturated heterocycles. The summed E-state index contributed by atoms with van der Waals surface area (Å²) < 4.78 is 11.4. The number of amides is 1. The van der Waals surface area contributed by atoms with Crippen LogP contribution in [-0.2, 0) is 16.8 Å². The molecule has 176 valence electrons. The lowest BCUT2D eigenvalue weighted by Crippen LogP contribution is -2.58. The van der Waals surface area contributed by atoms with Crippen molar-refractivity contribution in [1.29, 1.82) is 0 Å². The maximum absolute atomic E-state index is 13.4. The normalized spacial score (nSPS) is 27.3. The molecule has 1 saturated carbocycles. The zero-order chi connectivity index (χ0) is 23.6. The highest BCUT2D eigenvalue weighted by Crippen LogP contribution is 2.54. The van der Waals surface area contributed by atoms with Crippen molar-refractivity contribution in [3.8, 4) is 0 Å². The molecule has 3 aliphatic rings. The highest BCUT2D eigenvalue weighted by Gasteiger charge is 2.51. The van der Waals surface area contributed by atoms with E-state index in [0.717, 1.165) is 29.4 Å². The van der Waals surface area contributed by atoms with Crippen LogP contribution in [0.4, 0.5) is 0 Å². The van der Waals surface area contributed by atoms with Crippen molar-refractivity contribution in [1.82, 2.24) is 19.8 Å². The first-order chi connectivity index (χ1) is 17.1. The highest BCUT2D eigenvalue weighted by molar-refractivity contribution is 6.31. The van der Waals surface area contributed by atoms with E-state index < -0.39 is 0 Å². The topological polar surface area (TPSA) is 60.2 Å². The summed E-state index contributed by atoms with van der Waals surface area (Å²) in [5.74, 6) is 0.0444. The number of likely N-dealkylation sites (N-methyl/N-ethyl adjacent to an activating group) is 1. The van der Waals surface area contributed by atoms with Crippen LogP contribution in [0, 0.1) is 0 Å². The molecule has 2 N–H and O–H groups in total. The molecule has 6 heteroatoms. The number of methoxy groups -OCH3 is 1. The fourth-order valence-electron chi connectivity index (χ4n) is 8.02. The molecule has 35 heavy (non-hydrogen) atoms. The van der Waals surface area contributed by atoms with Gasteiger partial charge in [0.05, 0.1) is 28.2 Å². The smallest absolute Gasteiger partial charge is 0.252 e. The van der Waals surface area contributed by atoms with E-state index in [1.807, 2.05) is 7.11 Å². The van der Waals surface area contributed by atoms with Crippen LogP contribution in [0.25, 0.3) is 43.6 Å². The van der Waals surface area contributed by atoms with E-state index in [1.54, 1.807) is 0 Å². The third-order valence-electron chi connectivity index (χ3n) is 9.17. The van der Waals surface area contributed by atoms with Gasteiger partial charge < -0.3 is 24.5 Å². The molecule has 2 aliphatic heterocycles. The number of rotatable bonds is 2. The summed E-state index contributed by atoms with van der Waals surface area (Å²) in [6, 6.07) is 17.8. The first-order valence-electron chi connectivity index (χ1n) is 12.6. The Morgan fingerprint density at radius 1 is 1.03 bits per heavy atom. The summed E-state index contributed by atoms with van der Waals surface area (Å²) >= 11 is 0. The third kappa shape index (κ3) is 2.13. The first kappa shape index (κ1) is 19.9. The molecular weight excluding hydrogens is 436 g/mol. The number of carbonyl (C=O) groups is 1. The van der Waals surface area contributed by atoms with Gasteiger partial charge in [-0.1, -0.05) is 36.4 Å². The van der Waals surface area contributed by atoms with Gasteiger partial charge in [-0.15, -0.1) is 0 Å². The molecule has 0 radical (unpaired) electrons. The van der Waals surface area contributed by atoms with Gasteiger partial charge in [0.15, 0.2) is 0 Å². The van der Waals surface area contributed by atoms with Crippen LogP contribution in [0.15, 0.2) is 48.5 Å². The molecule has 1 fully saturated rings. The molecule has 4 heterocycles. The van der Waals surface area contributed by atoms with Crippen LogP contribution >= 0.6 is 0 Å². The average Bonchev–Trinajstić information content (AvgIpc) is 3.51. The van der Waals surface area contributed by atoms with E-state index in [9.17, 15) is 4.79 Å². The summed E-state index contributed by atoms with van der Waals surface area (Å²) in [6.07, 6.45) is 1.96. The molecule has 4 atom stereocenters. The van der Waals surface area contributed by atoms with Crippen molar-refractivity contribution in [3.63, 3.8) is 0 Å². The van der Waals surface area contributed by atoms with Crippen molar-refractivity contribution in [3.05, 3.63) is 59.7 Å². The lowest BCUT2D eigenvalue weighted by molar-refractivity contribution is -0.0528. The molecule has 2 unspecified atom stereocenters. The molecule has 1 amide bonds. The van der Waals surface area contributed by atoms with Crippen molar-refractivity contribution in [2.24, 2.45) is 0 Å². The zero-order valence-electron chi connectivity index (χ0n) is 20.2. The second-order valence-corrected chi connectivity index (χ2v) is 10.7. The predicted molar refractivity (Wildman–Crippen MR) is 139 cm³/mol. The number of nitrogens with one attached hydrogen (secondary N) is 2. The lowest BCUT2D eigenvalue weighted by Gasteiger charge is -2.48. The average molecular weight is 465 g/mol. The van der Waals surface area contributed by atoms with E-state index >= 15 is 0 Å². The van der Waals surface area contributed by atoms with Crippen LogP contribution in [0.3, 0.4) is 0 Å². The SMILES string of the molecule is CN[C@H]1CC2CC(C)([C@H]1OC)n1c3ccccc3c3c4c(c5c6ccccc6n2c5c31)C(=O)NC4. The first-order valence-corrected chi connectivity index (χ1v) is 12.6. The van der Waals surface area contributed by atoms with E-state index in [0.29, 0.717) is 6.54 Å². The fraction of sp³-hybridized carbons (Fsp3) is 0.345. The van der Waals surface area contributed by atoms with Crippen LogP contribution in [0.1, 0.15) is 41.7 Å². The van der Waals surface area contributed by atoms with Crippen molar-refractivity contribution in [2.75, 3.05) is 14.2 Å². The lowest BCUT2D eigenvalue weighted by atomic mass is 9.74. The molecular formula is C29H28N4O2. The van der Waals surface area contributed by atoms with Crippen LogP contribution < -0.4 is 10.6 Å². The minimum atomic E-state index is -0.260. The largest absolute Gasteiger partial charge is 0.377 e. The minimum Gasteiger partial charge on any atom is -0.377 e.